The van der Waals surface area contributed by atoms with Crippen molar-refractivity contribution >= 4 is 15.8 Å². The zero-order valence-corrected chi connectivity index (χ0v) is 12.4. The maximum absolute atomic E-state index is 12.2. The predicted molar refractivity (Wildman–Crippen MR) is 75.9 cm³/mol. The Hall–Kier alpha value is -1.18. The number of pyridine rings is 1. The van der Waals surface area contributed by atoms with Crippen LogP contribution in [0.15, 0.2) is 23.2 Å². The van der Waals surface area contributed by atoms with Crippen LogP contribution in [-0.2, 0) is 10.0 Å². The standard InChI is InChI=1S/C12H22N4O2S/c1-9(2)6-7-10(3)16-19(17,18)11-5-4-8-14-12(11)15-13/h4-5,8-10,16H,6-7,13H2,1-3H3,(H,14,15). The van der Waals surface area contributed by atoms with E-state index < -0.39 is 10.0 Å². The van der Waals surface area contributed by atoms with Crippen LogP contribution in [0.2, 0.25) is 0 Å². The molecule has 1 atom stereocenters. The number of sulfonamides is 1. The number of anilines is 1. The molecule has 1 heterocycles. The highest BCUT2D eigenvalue weighted by molar-refractivity contribution is 7.89. The Morgan fingerprint density at radius 1 is 1.32 bits per heavy atom. The van der Waals surface area contributed by atoms with Crippen molar-refractivity contribution in [3.05, 3.63) is 18.3 Å². The highest BCUT2D eigenvalue weighted by Crippen LogP contribution is 2.18. The van der Waals surface area contributed by atoms with Gasteiger partial charge >= 0.3 is 0 Å². The lowest BCUT2D eigenvalue weighted by Crippen LogP contribution is -2.33. The Morgan fingerprint density at radius 3 is 2.58 bits per heavy atom. The minimum atomic E-state index is -3.61. The van der Waals surface area contributed by atoms with Crippen LogP contribution >= 0.6 is 0 Å². The maximum Gasteiger partial charge on any atom is 0.244 e. The van der Waals surface area contributed by atoms with Gasteiger partial charge in [-0.05, 0) is 37.8 Å². The molecule has 0 radical (unpaired) electrons. The molecule has 108 valence electrons. The smallest absolute Gasteiger partial charge is 0.244 e. The number of nitrogens with zero attached hydrogens (tertiary/aromatic N) is 1. The normalized spacial score (nSPS) is 13.5. The SMILES string of the molecule is CC(C)CCC(C)NS(=O)(=O)c1cccnc1NN. The molecule has 19 heavy (non-hydrogen) atoms. The summed E-state index contributed by atoms with van der Waals surface area (Å²) in [6, 6.07) is 2.91. The number of nitrogens with one attached hydrogen (secondary N) is 2. The average Bonchev–Trinajstić information content (AvgIpc) is 2.35. The Morgan fingerprint density at radius 2 is 2.00 bits per heavy atom. The van der Waals surface area contributed by atoms with E-state index in [4.69, 9.17) is 5.84 Å². The fourth-order valence-corrected chi connectivity index (χ4v) is 3.08. The highest BCUT2D eigenvalue weighted by Gasteiger charge is 2.21. The second-order valence-corrected chi connectivity index (χ2v) is 6.67. The van der Waals surface area contributed by atoms with E-state index in [9.17, 15) is 8.42 Å². The second kappa shape index (κ2) is 6.83. The molecule has 1 aromatic rings. The molecule has 1 unspecified atom stereocenters. The molecule has 0 bridgehead atoms. The van der Waals surface area contributed by atoms with Crippen molar-refractivity contribution in [2.45, 2.75) is 44.6 Å². The van der Waals surface area contributed by atoms with Crippen molar-refractivity contribution in [1.29, 1.82) is 0 Å². The molecule has 0 aliphatic rings. The van der Waals surface area contributed by atoms with E-state index >= 15 is 0 Å². The Bertz CT molecular complexity index is 502. The van der Waals surface area contributed by atoms with E-state index in [-0.39, 0.29) is 16.8 Å². The summed E-state index contributed by atoms with van der Waals surface area (Å²) in [5.41, 5.74) is 2.29. The lowest BCUT2D eigenvalue weighted by molar-refractivity contribution is 0.485. The third-order valence-electron chi connectivity index (χ3n) is 2.73. The largest absolute Gasteiger partial charge is 0.307 e. The Labute approximate surface area is 114 Å². The molecular formula is C12H22N4O2S. The van der Waals surface area contributed by atoms with E-state index in [1.165, 1.54) is 12.3 Å². The molecule has 1 aromatic heterocycles. The van der Waals surface area contributed by atoms with Gasteiger partial charge in [0, 0.05) is 12.2 Å². The van der Waals surface area contributed by atoms with Crippen molar-refractivity contribution in [2.75, 3.05) is 5.43 Å². The summed E-state index contributed by atoms with van der Waals surface area (Å²) < 4.78 is 27.1. The lowest BCUT2D eigenvalue weighted by Gasteiger charge is -2.16. The molecule has 1 rings (SSSR count). The average molecular weight is 286 g/mol. The van der Waals surface area contributed by atoms with Gasteiger partial charge in [0.25, 0.3) is 0 Å². The van der Waals surface area contributed by atoms with E-state index in [0.717, 1.165) is 12.8 Å². The first-order valence-corrected chi connectivity index (χ1v) is 7.79. The second-order valence-electron chi connectivity index (χ2n) is 4.99. The maximum atomic E-state index is 12.2. The molecule has 0 saturated carbocycles. The third kappa shape index (κ3) is 4.77. The van der Waals surface area contributed by atoms with Gasteiger partial charge < -0.3 is 5.43 Å². The van der Waals surface area contributed by atoms with Crippen LogP contribution in [0.1, 0.15) is 33.6 Å². The molecule has 0 aromatic carbocycles. The summed E-state index contributed by atoms with van der Waals surface area (Å²) in [5.74, 6) is 5.96. The van der Waals surface area contributed by atoms with Gasteiger partial charge in [0.05, 0.1) is 0 Å². The molecule has 0 spiro atoms. The quantitative estimate of drug-likeness (QED) is 0.521. The van der Waals surface area contributed by atoms with Crippen LogP contribution < -0.4 is 16.0 Å². The zero-order chi connectivity index (χ0) is 14.5. The molecule has 0 aliphatic heterocycles. The van der Waals surface area contributed by atoms with Gasteiger partial charge in [-0.1, -0.05) is 13.8 Å². The number of rotatable bonds is 7. The van der Waals surface area contributed by atoms with Crippen LogP contribution in [0.3, 0.4) is 0 Å². The monoisotopic (exact) mass is 286 g/mol. The van der Waals surface area contributed by atoms with Gasteiger partial charge in [0.2, 0.25) is 10.0 Å². The first kappa shape index (κ1) is 15.9. The van der Waals surface area contributed by atoms with Gasteiger partial charge in [0.15, 0.2) is 5.82 Å². The summed E-state index contributed by atoms with van der Waals surface area (Å²) in [5, 5.41) is 0. The number of nitrogen functional groups attached to an aromatic ring is 1. The molecule has 0 fully saturated rings. The number of nitrogens with two attached hydrogens (primary N) is 1. The van der Waals surface area contributed by atoms with Crippen molar-refractivity contribution in [3.63, 3.8) is 0 Å². The van der Waals surface area contributed by atoms with Crippen LogP contribution in [0.5, 0.6) is 0 Å². The number of hydrogen-bond donors (Lipinski definition) is 3. The Kier molecular flexibility index (Phi) is 5.71. The fraction of sp³-hybridized carbons (Fsp3) is 0.583. The van der Waals surface area contributed by atoms with E-state index in [1.54, 1.807) is 6.07 Å². The van der Waals surface area contributed by atoms with Gasteiger partial charge in [0.1, 0.15) is 4.90 Å². The van der Waals surface area contributed by atoms with Crippen LogP contribution in [0.25, 0.3) is 0 Å². The number of hydrazine groups is 1. The molecule has 4 N–H and O–H groups in total. The first-order chi connectivity index (χ1) is 8.86. The van der Waals surface area contributed by atoms with Crippen molar-refractivity contribution in [2.24, 2.45) is 11.8 Å². The van der Waals surface area contributed by atoms with Gasteiger partial charge in [-0.15, -0.1) is 0 Å². The summed E-state index contributed by atoms with van der Waals surface area (Å²) >= 11 is 0. The van der Waals surface area contributed by atoms with Gasteiger partial charge in [-0.3, -0.25) is 0 Å². The fourth-order valence-electron chi connectivity index (χ4n) is 1.69. The van der Waals surface area contributed by atoms with Crippen LogP contribution in [-0.4, -0.2) is 19.4 Å². The third-order valence-corrected chi connectivity index (χ3v) is 4.35. The summed E-state index contributed by atoms with van der Waals surface area (Å²) in [7, 11) is -3.61. The number of aromatic nitrogens is 1. The summed E-state index contributed by atoms with van der Waals surface area (Å²) in [6.07, 6.45) is 3.25. The van der Waals surface area contributed by atoms with Crippen LogP contribution in [0, 0.1) is 5.92 Å². The minimum absolute atomic E-state index is 0.0638. The molecule has 0 aliphatic carbocycles. The van der Waals surface area contributed by atoms with Crippen molar-refractivity contribution in [3.8, 4) is 0 Å². The molecule has 6 nitrogen and oxygen atoms in total. The molecule has 0 amide bonds. The summed E-state index contributed by atoms with van der Waals surface area (Å²) in [4.78, 5) is 3.95. The van der Waals surface area contributed by atoms with Crippen molar-refractivity contribution < 1.29 is 8.42 Å². The zero-order valence-electron chi connectivity index (χ0n) is 11.6. The van der Waals surface area contributed by atoms with E-state index in [0.29, 0.717) is 5.92 Å². The minimum Gasteiger partial charge on any atom is -0.307 e. The van der Waals surface area contributed by atoms with Crippen LogP contribution in [0.4, 0.5) is 5.82 Å². The topological polar surface area (TPSA) is 97.1 Å². The molecular weight excluding hydrogens is 264 g/mol. The van der Waals surface area contributed by atoms with E-state index in [2.05, 4.69) is 29.0 Å². The van der Waals surface area contributed by atoms with Gasteiger partial charge in [-0.2, -0.15) is 0 Å². The lowest BCUT2D eigenvalue weighted by atomic mass is 10.1. The van der Waals surface area contributed by atoms with E-state index in [1.807, 2.05) is 6.92 Å². The summed E-state index contributed by atoms with van der Waals surface area (Å²) in [6.45, 7) is 6.07. The molecule has 0 saturated heterocycles. The van der Waals surface area contributed by atoms with Crippen molar-refractivity contribution in [1.82, 2.24) is 9.71 Å². The highest BCUT2D eigenvalue weighted by atomic mass is 32.2. The molecule has 7 heteroatoms. The Balaban J connectivity index is 2.81. The predicted octanol–water partition coefficient (Wildman–Crippen LogP) is 1.47. The van der Waals surface area contributed by atoms with Gasteiger partial charge in [-0.25, -0.2) is 24.0 Å². The first-order valence-electron chi connectivity index (χ1n) is 6.30. The number of hydrogen-bond acceptors (Lipinski definition) is 5.